The van der Waals surface area contributed by atoms with Crippen LogP contribution in [0.3, 0.4) is 0 Å². The molecule has 0 fully saturated rings. The van der Waals surface area contributed by atoms with E-state index in [9.17, 15) is 24.5 Å². The van der Waals surface area contributed by atoms with Gasteiger partial charge in [0.05, 0.1) is 17.1 Å². The van der Waals surface area contributed by atoms with Gasteiger partial charge in [-0.1, -0.05) is 29.8 Å². The van der Waals surface area contributed by atoms with Crippen LogP contribution in [0.15, 0.2) is 52.1 Å². The highest BCUT2D eigenvalue weighted by atomic mass is 16.6. The Bertz CT molecular complexity index is 1300. The first-order valence-electron chi connectivity index (χ1n) is 9.53. The smallest absolute Gasteiger partial charge is 0.357 e. The number of hydrogen-bond donors (Lipinski definition) is 2. The van der Waals surface area contributed by atoms with Crippen molar-refractivity contribution in [3.05, 3.63) is 95.8 Å². The number of rotatable bonds is 7. The van der Waals surface area contributed by atoms with E-state index in [2.05, 4.69) is 4.98 Å². The second-order valence-electron chi connectivity index (χ2n) is 6.66. The predicted molar refractivity (Wildman–Crippen MR) is 117 cm³/mol. The third kappa shape index (κ3) is 5.17. The van der Waals surface area contributed by atoms with Crippen molar-refractivity contribution < 1.29 is 19.2 Å². The lowest BCUT2D eigenvalue weighted by Crippen LogP contribution is -2.25. The fourth-order valence-electron chi connectivity index (χ4n) is 2.81. The van der Waals surface area contributed by atoms with Gasteiger partial charge in [-0.25, -0.2) is 9.59 Å². The van der Waals surface area contributed by atoms with Gasteiger partial charge in [0.2, 0.25) is 0 Å². The lowest BCUT2D eigenvalue weighted by atomic mass is 10.1. The van der Waals surface area contributed by atoms with Crippen molar-refractivity contribution in [3.63, 3.8) is 0 Å². The average Bonchev–Trinajstić information content (AvgIpc) is 2.73. The molecule has 2 aromatic carbocycles. The number of carbonyl (C=O) groups excluding carboxylic acids is 1. The molecular formula is C22H19N3O7. The van der Waals surface area contributed by atoms with E-state index in [1.807, 2.05) is 11.9 Å². The topological polar surface area (TPSA) is 144 Å². The largest absolute Gasteiger partial charge is 0.490 e. The van der Waals surface area contributed by atoms with Gasteiger partial charge in [0, 0.05) is 0 Å². The number of nitro groups is 1. The molecule has 0 saturated heterocycles. The molecule has 10 heteroatoms. The van der Waals surface area contributed by atoms with Crippen LogP contribution in [0.4, 0.5) is 5.69 Å². The third-order valence-electron chi connectivity index (χ3n) is 4.33. The summed E-state index contributed by atoms with van der Waals surface area (Å²) in [6.45, 7) is 3.97. The van der Waals surface area contributed by atoms with E-state index in [-0.39, 0.29) is 17.2 Å². The monoisotopic (exact) mass is 437 g/mol. The fourth-order valence-corrected chi connectivity index (χ4v) is 2.81. The SMILES string of the molecule is CCOc1cc(C=Cc2[nH]c(=O)[nH]c(=O)c2[N+](=O)[O-])ccc1OC(=O)c1ccc(C)cc1. The summed E-state index contributed by atoms with van der Waals surface area (Å²) in [7, 11) is 0. The maximum Gasteiger partial charge on any atom is 0.357 e. The number of esters is 1. The summed E-state index contributed by atoms with van der Waals surface area (Å²) >= 11 is 0. The molecule has 3 aromatic rings. The van der Waals surface area contributed by atoms with Crippen LogP contribution in [0.2, 0.25) is 0 Å². The highest BCUT2D eigenvalue weighted by Crippen LogP contribution is 2.30. The molecule has 0 unspecified atom stereocenters. The summed E-state index contributed by atoms with van der Waals surface area (Å²) < 4.78 is 11.0. The number of aromatic nitrogens is 2. The number of hydrogen-bond acceptors (Lipinski definition) is 7. The normalized spacial score (nSPS) is 10.8. The molecule has 1 heterocycles. The van der Waals surface area contributed by atoms with Crippen LogP contribution in [-0.2, 0) is 0 Å². The summed E-state index contributed by atoms with van der Waals surface area (Å²) in [6, 6.07) is 11.6. The van der Waals surface area contributed by atoms with Crippen molar-refractivity contribution in [2.24, 2.45) is 0 Å². The summed E-state index contributed by atoms with van der Waals surface area (Å²) in [4.78, 5) is 49.9. The minimum absolute atomic E-state index is 0.199. The Kier molecular flexibility index (Phi) is 6.64. The van der Waals surface area contributed by atoms with Gasteiger partial charge in [0.1, 0.15) is 5.69 Å². The van der Waals surface area contributed by atoms with Crippen molar-refractivity contribution in [3.8, 4) is 11.5 Å². The summed E-state index contributed by atoms with van der Waals surface area (Å²) in [5.74, 6) is -0.0694. The quantitative estimate of drug-likeness (QED) is 0.250. The third-order valence-corrected chi connectivity index (χ3v) is 4.33. The number of nitrogens with one attached hydrogen (secondary N) is 2. The van der Waals surface area contributed by atoms with Crippen LogP contribution in [-0.4, -0.2) is 27.5 Å². The van der Waals surface area contributed by atoms with E-state index in [0.717, 1.165) is 5.56 Å². The highest BCUT2D eigenvalue weighted by molar-refractivity contribution is 5.91. The van der Waals surface area contributed by atoms with Crippen molar-refractivity contribution in [1.82, 2.24) is 9.97 Å². The Morgan fingerprint density at radius 1 is 1.06 bits per heavy atom. The minimum atomic E-state index is -1.10. The van der Waals surface area contributed by atoms with E-state index in [1.165, 1.54) is 18.2 Å². The first-order valence-corrected chi connectivity index (χ1v) is 9.53. The number of ether oxygens (including phenoxy) is 2. The van der Waals surface area contributed by atoms with Crippen LogP contribution in [0, 0.1) is 17.0 Å². The van der Waals surface area contributed by atoms with Gasteiger partial charge in [-0.15, -0.1) is 0 Å². The second kappa shape index (κ2) is 9.56. The molecule has 0 aliphatic rings. The Morgan fingerprint density at radius 2 is 1.78 bits per heavy atom. The lowest BCUT2D eigenvalue weighted by molar-refractivity contribution is -0.386. The van der Waals surface area contributed by atoms with Crippen molar-refractivity contribution >= 4 is 23.8 Å². The zero-order chi connectivity index (χ0) is 23.3. The first kappa shape index (κ1) is 22.2. The van der Waals surface area contributed by atoms with E-state index < -0.39 is 27.8 Å². The van der Waals surface area contributed by atoms with Crippen LogP contribution < -0.4 is 20.7 Å². The van der Waals surface area contributed by atoms with Crippen molar-refractivity contribution in [1.29, 1.82) is 0 Å². The van der Waals surface area contributed by atoms with E-state index in [4.69, 9.17) is 9.47 Å². The standard InChI is InChI=1S/C22H19N3O7/c1-3-31-18-12-14(6-10-16-19(25(29)30)20(26)24-22(28)23-16)7-11-17(18)32-21(27)15-8-4-13(2)5-9-15/h4-12H,3H2,1-2H3,(H2,23,24,26,28). The number of aryl methyl sites for hydroxylation is 1. The molecule has 0 aliphatic carbocycles. The maximum absolute atomic E-state index is 12.4. The van der Waals surface area contributed by atoms with Gasteiger partial charge in [0.25, 0.3) is 0 Å². The van der Waals surface area contributed by atoms with E-state index in [0.29, 0.717) is 17.7 Å². The molecule has 0 amide bonds. The van der Waals surface area contributed by atoms with Crippen LogP contribution in [0.1, 0.15) is 34.1 Å². The maximum atomic E-state index is 12.4. The van der Waals surface area contributed by atoms with E-state index in [1.54, 1.807) is 43.3 Å². The predicted octanol–water partition coefficient (Wildman–Crippen LogP) is 3.07. The fraction of sp³-hybridized carbons (Fsp3) is 0.136. The molecule has 0 bridgehead atoms. The second-order valence-corrected chi connectivity index (χ2v) is 6.66. The average molecular weight is 437 g/mol. The number of benzene rings is 2. The lowest BCUT2D eigenvalue weighted by Gasteiger charge is -2.11. The van der Waals surface area contributed by atoms with Crippen LogP contribution in [0.25, 0.3) is 12.2 Å². The molecule has 10 nitrogen and oxygen atoms in total. The zero-order valence-corrected chi connectivity index (χ0v) is 17.2. The van der Waals surface area contributed by atoms with Gasteiger partial charge in [0.15, 0.2) is 11.5 Å². The van der Waals surface area contributed by atoms with Gasteiger partial charge in [-0.05, 0) is 49.8 Å². The molecule has 2 N–H and O–H groups in total. The van der Waals surface area contributed by atoms with Gasteiger partial charge >= 0.3 is 22.9 Å². The van der Waals surface area contributed by atoms with Crippen LogP contribution in [0.5, 0.6) is 11.5 Å². The number of carbonyl (C=O) groups is 1. The Balaban J connectivity index is 1.90. The summed E-state index contributed by atoms with van der Waals surface area (Å²) in [5.41, 5.74) is -1.09. The Morgan fingerprint density at radius 3 is 2.44 bits per heavy atom. The summed E-state index contributed by atoms with van der Waals surface area (Å²) in [6.07, 6.45) is 2.68. The highest BCUT2D eigenvalue weighted by Gasteiger charge is 2.19. The van der Waals surface area contributed by atoms with Crippen molar-refractivity contribution in [2.75, 3.05) is 6.61 Å². The number of H-pyrrole nitrogens is 2. The Hall–Kier alpha value is -4.47. The molecule has 3 rings (SSSR count). The molecule has 0 atom stereocenters. The van der Waals surface area contributed by atoms with Gasteiger partial charge in [-0.2, -0.15) is 0 Å². The summed E-state index contributed by atoms with van der Waals surface area (Å²) in [5, 5.41) is 11.1. The van der Waals surface area contributed by atoms with E-state index >= 15 is 0 Å². The number of nitrogens with zero attached hydrogens (tertiary/aromatic N) is 1. The zero-order valence-electron chi connectivity index (χ0n) is 17.2. The molecule has 0 saturated carbocycles. The molecule has 32 heavy (non-hydrogen) atoms. The van der Waals surface area contributed by atoms with Gasteiger partial charge in [-0.3, -0.25) is 19.9 Å². The first-order chi connectivity index (χ1) is 15.3. The van der Waals surface area contributed by atoms with Crippen molar-refractivity contribution in [2.45, 2.75) is 13.8 Å². The van der Waals surface area contributed by atoms with Crippen LogP contribution >= 0.6 is 0 Å². The molecule has 164 valence electrons. The molecular weight excluding hydrogens is 418 g/mol. The minimum Gasteiger partial charge on any atom is -0.490 e. The van der Waals surface area contributed by atoms with Gasteiger partial charge < -0.3 is 14.5 Å². The Labute approximate surface area is 181 Å². The number of aromatic amines is 2. The molecule has 0 aliphatic heterocycles. The molecule has 0 radical (unpaired) electrons. The molecule has 1 aromatic heterocycles. The molecule has 0 spiro atoms.